The van der Waals surface area contributed by atoms with Gasteiger partial charge < -0.3 is 5.73 Å². The summed E-state index contributed by atoms with van der Waals surface area (Å²) in [6, 6.07) is 4.82. The molecule has 15 heavy (non-hydrogen) atoms. The summed E-state index contributed by atoms with van der Waals surface area (Å²) in [5.74, 6) is -0.482. The number of rotatable bonds is 2. The average molecular weight is 221 g/mol. The lowest BCUT2D eigenvalue weighted by Gasteiger charge is -2.27. The van der Waals surface area contributed by atoms with Crippen molar-refractivity contribution < 1.29 is 17.6 Å². The van der Waals surface area contributed by atoms with Crippen molar-refractivity contribution in [3.8, 4) is 0 Å². The van der Waals surface area contributed by atoms with Crippen molar-refractivity contribution >= 4 is 0 Å². The minimum Gasteiger partial charge on any atom is -0.318 e. The predicted octanol–water partition coefficient (Wildman–Crippen LogP) is 2.65. The number of halogens is 4. The Morgan fingerprint density at radius 3 is 2.00 bits per heavy atom. The van der Waals surface area contributed by atoms with Crippen LogP contribution in [-0.2, 0) is 6.42 Å². The number of nitrogens with two attached hydrogens (primary N) is 1. The van der Waals surface area contributed by atoms with E-state index in [2.05, 4.69) is 0 Å². The summed E-state index contributed by atoms with van der Waals surface area (Å²) in [5.41, 5.74) is 3.22. The lowest BCUT2D eigenvalue weighted by atomic mass is 9.93. The lowest BCUT2D eigenvalue weighted by molar-refractivity contribution is -0.180. The molecule has 1 rings (SSSR count). The molecule has 1 nitrogen and oxygen atoms in total. The Labute approximate surface area is 84.9 Å². The Balaban J connectivity index is 2.82. The second-order valence-corrected chi connectivity index (χ2v) is 3.72. The first-order chi connectivity index (χ1) is 6.72. The highest BCUT2D eigenvalue weighted by molar-refractivity contribution is 5.19. The first-order valence-electron chi connectivity index (χ1n) is 4.32. The quantitative estimate of drug-likeness (QED) is 0.763. The van der Waals surface area contributed by atoms with Gasteiger partial charge in [-0.05, 0) is 31.0 Å². The van der Waals surface area contributed by atoms with Gasteiger partial charge in [-0.25, -0.2) is 4.39 Å². The van der Waals surface area contributed by atoms with Gasteiger partial charge in [0.05, 0.1) is 0 Å². The fourth-order valence-corrected chi connectivity index (χ4v) is 1.13. The molecule has 0 aliphatic heterocycles. The number of hydrogen-bond donors (Lipinski definition) is 1. The molecule has 0 saturated carbocycles. The van der Waals surface area contributed by atoms with E-state index < -0.39 is 17.5 Å². The SMILES string of the molecule is CC(N)(Cc1ccc(F)cc1)C(F)(F)F. The summed E-state index contributed by atoms with van der Waals surface area (Å²) >= 11 is 0. The number of alkyl halides is 3. The van der Waals surface area contributed by atoms with E-state index in [9.17, 15) is 17.6 Å². The van der Waals surface area contributed by atoms with Gasteiger partial charge in [0.1, 0.15) is 11.4 Å². The number of benzene rings is 1. The van der Waals surface area contributed by atoms with E-state index in [0.717, 1.165) is 19.1 Å². The minimum absolute atomic E-state index is 0.360. The van der Waals surface area contributed by atoms with Crippen molar-refractivity contribution in [1.29, 1.82) is 0 Å². The van der Waals surface area contributed by atoms with E-state index in [1.807, 2.05) is 0 Å². The maximum absolute atomic E-state index is 12.5. The average Bonchev–Trinajstić information content (AvgIpc) is 2.06. The van der Waals surface area contributed by atoms with Crippen LogP contribution < -0.4 is 5.73 Å². The van der Waals surface area contributed by atoms with Crippen LogP contribution in [0.4, 0.5) is 17.6 Å². The molecule has 0 aliphatic carbocycles. The molecule has 1 atom stereocenters. The standard InChI is InChI=1S/C10H11F4N/c1-9(15,10(12,13)14)6-7-2-4-8(11)5-3-7/h2-5H,6,15H2,1H3. The second kappa shape index (κ2) is 3.81. The summed E-state index contributed by atoms with van der Waals surface area (Å²) in [6.45, 7) is 0.913. The van der Waals surface area contributed by atoms with E-state index >= 15 is 0 Å². The second-order valence-electron chi connectivity index (χ2n) is 3.72. The summed E-state index contributed by atoms with van der Waals surface area (Å²) in [5, 5.41) is 0. The predicted molar refractivity (Wildman–Crippen MR) is 48.8 cm³/mol. The minimum atomic E-state index is -4.47. The highest BCUT2D eigenvalue weighted by Crippen LogP contribution is 2.30. The van der Waals surface area contributed by atoms with Crippen LogP contribution in [0.15, 0.2) is 24.3 Å². The highest BCUT2D eigenvalue weighted by Gasteiger charge is 2.47. The van der Waals surface area contributed by atoms with Gasteiger partial charge in [0.2, 0.25) is 0 Å². The first kappa shape index (κ1) is 12.0. The van der Waals surface area contributed by atoms with Crippen molar-refractivity contribution in [1.82, 2.24) is 0 Å². The van der Waals surface area contributed by atoms with Crippen molar-refractivity contribution in [3.63, 3.8) is 0 Å². The largest absolute Gasteiger partial charge is 0.406 e. The van der Waals surface area contributed by atoms with Gasteiger partial charge in [-0.3, -0.25) is 0 Å². The third-order valence-corrected chi connectivity index (χ3v) is 2.13. The number of hydrogen-bond acceptors (Lipinski definition) is 1. The summed E-state index contributed by atoms with van der Waals surface area (Å²) in [4.78, 5) is 0. The van der Waals surface area contributed by atoms with Crippen LogP contribution in [0.3, 0.4) is 0 Å². The zero-order chi connectivity index (χ0) is 11.7. The van der Waals surface area contributed by atoms with Crippen LogP contribution in [0.1, 0.15) is 12.5 Å². The molecule has 0 bridgehead atoms. The molecular weight excluding hydrogens is 210 g/mol. The summed E-state index contributed by atoms with van der Waals surface area (Å²) in [6.07, 6.45) is -4.84. The van der Waals surface area contributed by atoms with Crippen LogP contribution in [-0.4, -0.2) is 11.7 Å². The molecule has 0 saturated heterocycles. The Morgan fingerprint density at radius 1 is 1.13 bits per heavy atom. The van der Waals surface area contributed by atoms with E-state index in [1.54, 1.807) is 0 Å². The van der Waals surface area contributed by atoms with Gasteiger partial charge in [-0.1, -0.05) is 12.1 Å². The van der Waals surface area contributed by atoms with Gasteiger partial charge in [0.15, 0.2) is 0 Å². The molecule has 0 radical (unpaired) electrons. The molecule has 0 amide bonds. The fourth-order valence-electron chi connectivity index (χ4n) is 1.13. The molecule has 1 aromatic carbocycles. The Kier molecular flexibility index (Phi) is 3.04. The molecule has 84 valence electrons. The molecular formula is C10H11F4N. The molecule has 1 unspecified atom stereocenters. The molecule has 1 aromatic rings. The molecule has 0 aromatic heterocycles. The van der Waals surface area contributed by atoms with Crippen LogP contribution in [0.25, 0.3) is 0 Å². The first-order valence-corrected chi connectivity index (χ1v) is 4.32. The normalized spacial score (nSPS) is 16.1. The van der Waals surface area contributed by atoms with Crippen LogP contribution in [0, 0.1) is 5.82 Å². The summed E-state index contributed by atoms with van der Waals surface area (Å²) < 4.78 is 49.7. The van der Waals surface area contributed by atoms with Gasteiger partial charge in [-0.15, -0.1) is 0 Å². The zero-order valence-electron chi connectivity index (χ0n) is 8.11. The summed E-state index contributed by atoms with van der Waals surface area (Å²) in [7, 11) is 0. The third-order valence-electron chi connectivity index (χ3n) is 2.13. The van der Waals surface area contributed by atoms with Gasteiger partial charge >= 0.3 is 6.18 Å². The Morgan fingerprint density at radius 2 is 1.60 bits per heavy atom. The van der Waals surface area contributed by atoms with Gasteiger partial charge in [0, 0.05) is 0 Å². The molecule has 2 N–H and O–H groups in total. The molecule has 5 heteroatoms. The Bertz CT molecular complexity index is 326. The van der Waals surface area contributed by atoms with Crippen LogP contribution in [0.2, 0.25) is 0 Å². The van der Waals surface area contributed by atoms with Crippen molar-refractivity contribution in [3.05, 3.63) is 35.6 Å². The third kappa shape index (κ3) is 2.92. The molecule has 0 spiro atoms. The zero-order valence-corrected chi connectivity index (χ0v) is 8.11. The van der Waals surface area contributed by atoms with Crippen molar-refractivity contribution in [2.75, 3.05) is 0 Å². The molecule has 0 aliphatic rings. The lowest BCUT2D eigenvalue weighted by Crippen LogP contribution is -2.52. The monoisotopic (exact) mass is 221 g/mol. The Hall–Kier alpha value is -1.10. The van der Waals surface area contributed by atoms with Gasteiger partial charge in [-0.2, -0.15) is 13.2 Å². The smallest absolute Gasteiger partial charge is 0.318 e. The van der Waals surface area contributed by atoms with Crippen molar-refractivity contribution in [2.24, 2.45) is 5.73 Å². The van der Waals surface area contributed by atoms with E-state index in [-0.39, 0.29) is 6.42 Å². The van der Waals surface area contributed by atoms with E-state index in [1.165, 1.54) is 12.1 Å². The van der Waals surface area contributed by atoms with Gasteiger partial charge in [0.25, 0.3) is 0 Å². The van der Waals surface area contributed by atoms with E-state index in [0.29, 0.717) is 5.56 Å². The van der Waals surface area contributed by atoms with Crippen LogP contribution >= 0.6 is 0 Å². The molecule has 0 heterocycles. The highest BCUT2D eigenvalue weighted by atomic mass is 19.4. The maximum Gasteiger partial charge on any atom is 0.406 e. The maximum atomic E-state index is 12.5. The van der Waals surface area contributed by atoms with Crippen molar-refractivity contribution in [2.45, 2.75) is 25.1 Å². The topological polar surface area (TPSA) is 26.0 Å². The van der Waals surface area contributed by atoms with E-state index in [4.69, 9.17) is 5.73 Å². The van der Waals surface area contributed by atoms with Crippen LogP contribution in [0.5, 0.6) is 0 Å². The fraction of sp³-hybridized carbons (Fsp3) is 0.400. The molecule has 0 fully saturated rings.